The standard InChI is InChI=1S/C9H13N/c1-7(2)9-5-4-8(3)6-10-9/h4-7H,1-3H3. The molecule has 1 aromatic rings. The molecule has 0 fully saturated rings. The highest BCUT2D eigenvalue weighted by molar-refractivity contribution is 5.14. The highest BCUT2D eigenvalue weighted by Crippen LogP contribution is 2.10. The zero-order valence-electron chi connectivity index (χ0n) is 6.76. The van der Waals surface area contributed by atoms with E-state index >= 15 is 0 Å². The maximum absolute atomic E-state index is 4.28. The van der Waals surface area contributed by atoms with E-state index in [9.17, 15) is 0 Å². The van der Waals surface area contributed by atoms with Crippen LogP contribution in [-0.2, 0) is 0 Å². The highest BCUT2D eigenvalue weighted by atomic mass is 14.7. The fraction of sp³-hybridized carbons (Fsp3) is 0.444. The summed E-state index contributed by atoms with van der Waals surface area (Å²) in [5.74, 6) is 0.542. The molecule has 1 heteroatoms. The van der Waals surface area contributed by atoms with Crippen LogP contribution in [0.4, 0.5) is 0 Å². The lowest BCUT2D eigenvalue weighted by molar-refractivity contribution is 0.821. The molecule has 0 amide bonds. The number of nitrogens with zero attached hydrogens (tertiary/aromatic N) is 1. The molecule has 1 heterocycles. The van der Waals surface area contributed by atoms with Crippen LogP contribution in [0, 0.1) is 6.92 Å². The molecule has 0 radical (unpaired) electrons. The van der Waals surface area contributed by atoms with E-state index in [0.717, 1.165) is 0 Å². The molecule has 0 saturated carbocycles. The zero-order valence-corrected chi connectivity index (χ0v) is 6.76. The molecule has 1 aromatic heterocycles. The van der Waals surface area contributed by atoms with Gasteiger partial charge in [0.05, 0.1) is 0 Å². The van der Waals surface area contributed by atoms with Gasteiger partial charge in [-0.3, -0.25) is 4.98 Å². The van der Waals surface area contributed by atoms with E-state index in [4.69, 9.17) is 0 Å². The molecule has 0 unspecified atom stereocenters. The number of pyridine rings is 1. The van der Waals surface area contributed by atoms with E-state index in [0.29, 0.717) is 5.92 Å². The third-order valence-electron chi connectivity index (χ3n) is 1.53. The Morgan fingerprint density at radius 1 is 1.30 bits per heavy atom. The van der Waals surface area contributed by atoms with E-state index in [1.807, 2.05) is 6.20 Å². The summed E-state index contributed by atoms with van der Waals surface area (Å²) >= 11 is 0. The summed E-state index contributed by atoms with van der Waals surface area (Å²) in [5.41, 5.74) is 2.40. The smallest absolute Gasteiger partial charge is 0.0429 e. The first-order chi connectivity index (χ1) is 4.70. The Kier molecular flexibility index (Phi) is 2.05. The van der Waals surface area contributed by atoms with Gasteiger partial charge in [0.25, 0.3) is 0 Å². The third-order valence-corrected chi connectivity index (χ3v) is 1.53. The fourth-order valence-corrected chi connectivity index (χ4v) is 0.821. The maximum atomic E-state index is 4.28. The highest BCUT2D eigenvalue weighted by Gasteiger charge is 1.97. The molecule has 0 saturated heterocycles. The van der Waals surface area contributed by atoms with Gasteiger partial charge in [-0.15, -0.1) is 0 Å². The lowest BCUT2D eigenvalue weighted by Gasteiger charge is -2.02. The molecule has 10 heavy (non-hydrogen) atoms. The molecular weight excluding hydrogens is 122 g/mol. The lowest BCUT2D eigenvalue weighted by Crippen LogP contribution is -1.90. The first-order valence-electron chi connectivity index (χ1n) is 3.62. The van der Waals surface area contributed by atoms with Crippen LogP contribution >= 0.6 is 0 Å². The Bertz CT molecular complexity index is 198. The van der Waals surface area contributed by atoms with Gasteiger partial charge in [-0.05, 0) is 24.5 Å². The summed E-state index contributed by atoms with van der Waals surface area (Å²) in [6.45, 7) is 6.35. The van der Waals surface area contributed by atoms with Crippen molar-refractivity contribution in [2.75, 3.05) is 0 Å². The summed E-state index contributed by atoms with van der Waals surface area (Å²) < 4.78 is 0. The Hall–Kier alpha value is -0.850. The van der Waals surface area contributed by atoms with Gasteiger partial charge in [0, 0.05) is 11.9 Å². The third kappa shape index (κ3) is 1.56. The minimum atomic E-state index is 0.542. The monoisotopic (exact) mass is 135 g/mol. The first kappa shape index (κ1) is 7.26. The van der Waals surface area contributed by atoms with Crippen LogP contribution in [0.3, 0.4) is 0 Å². The summed E-state index contributed by atoms with van der Waals surface area (Å²) in [7, 11) is 0. The maximum Gasteiger partial charge on any atom is 0.0429 e. The Morgan fingerprint density at radius 2 is 2.00 bits per heavy atom. The topological polar surface area (TPSA) is 12.9 Å². The van der Waals surface area contributed by atoms with Crippen molar-refractivity contribution >= 4 is 0 Å². The van der Waals surface area contributed by atoms with Crippen molar-refractivity contribution in [2.24, 2.45) is 0 Å². The second-order valence-corrected chi connectivity index (χ2v) is 2.92. The van der Waals surface area contributed by atoms with Crippen LogP contribution in [0.2, 0.25) is 0 Å². The number of rotatable bonds is 1. The van der Waals surface area contributed by atoms with Crippen LogP contribution < -0.4 is 0 Å². The first-order valence-corrected chi connectivity index (χ1v) is 3.62. The van der Waals surface area contributed by atoms with Crippen molar-refractivity contribution in [1.82, 2.24) is 4.98 Å². The van der Waals surface area contributed by atoms with E-state index in [-0.39, 0.29) is 0 Å². The van der Waals surface area contributed by atoms with Crippen LogP contribution in [0.1, 0.15) is 31.0 Å². The van der Waals surface area contributed by atoms with Gasteiger partial charge in [-0.25, -0.2) is 0 Å². The van der Waals surface area contributed by atoms with Gasteiger partial charge in [0.2, 0.25) is 0 Å². The fourth-order valence-electron chi connectivity index (χ4n) is 0.821. The van der Waals surface area contributed by atoms with Crippen LogP contribution in [-0.4, -0.2) is 4.98 Å². The van der Waals surface area contributed by atoms with Crippen molar-refractivity contribution in [3.05, 3.63) is 29.6 Å². The molecule has 1 rings (SSSR count). The molecule has 0 atom stereocenters. The van der Waals surface area contributed by atoms with Crippen molar-refractivity contribution in [2.45, 2.75) is 26.7 Å². The number of hydrogen-bond acceptors (Lipinski definition) is 1. The van der Waals surface area contributed by atoms with Crippen molar-refractivity contribution in [3.63, 3.8) is 0 Å². The van der Waals surface area contributed by atoms with Gasteiger partial charge in [0.1, 0.15) is 0 Å². The predicted molar refractivity (Wildman–Crippen MR) is 43.1 cm³/mol. The predicted octanol–water partition coefficient (Wildman–Crippen LogP) is 2.51. The number of aromatic nitrogens is 1. The van der Waals surface area contributed by atoms with Crippen molar-refractivity contribution in [3.8, 4) is 0 Å². The average molecular weight is 135 g/mol. The lowest BCUT2D eigenvalue weighted by atomic mass is 10.1. The SMILES string of the molecule is Cc1ccc(C(C)C)nc1. The Balaban J connectivity index is 2.89. The Morgan fingerprint density at radius 3 is 2.40 bits per heavy atom. The van der Waals surface area contributed by atoms with E-state index in [2.05, 4.69) is 37.9 Å². The van der Waals surface area contributed by atoms with Gasteiger partial charge >= 0.3 is 0 Å². The molecule has 1 nitrogen and oxygen atoms in total. The number of aryl methyl sites for hydroxylation is 1. The molecule has 0 bridgehead atoms. The summed E-state index contributed by atoms with van der Waals surface area (Å²) in [4.78, 5) is 4.28. The van der Waals surface area contributed by atoms with E-state index in [1.165, 1.54) is 11.3 Å². The second kappa shape index (κ2) is 2.82. The molecule has 0 aliphatic carbocycles. The van der Waals surface area contributed by atoms with Crippen LogP contribution in [0.15, 0.2) is 18.3 Å². The van der Waals surface area contributed by atoms with Crippen molar-refractivity contribution < 1.29 is 0 Å². The summed E-state index contributed by atoms with van der Waals surface area (Å²) in [6.07, 6.45) is 1.91. The van der Waals surface area contributed by atoms with Crippen LogP contribution in [0.5, 0.6) is 0 Å². The van der Waals surface area contributed by atoms with Gasteiger partial charge in [0.15, 0.2) is 0 Å². The van der Waals surface area contributed by atoms with Crippen LogP contribution in [0.25, 0.3) is 0 Å². The van der Waals surface area contributed by atoms with E-state index < -0.39 is 0 Å². The molecule has 0 spiro atoms. The largest absolute Gasteiger partial charge is 0.261 e. The molecule has 0 aliphatic rings. The van der Waals surface area contributed by atoms with Gasteiger partial charge in [-0.1, -0.05) is 19.9 Å². The summed E-state index contributed by atoms with van der Waals surface area (Å²) in [5, 5.41) is 0. The summed E-state index contributed by atoms with van der Waals surface area (Å²) in [6, 6.07) is 4.18. The van der Waals surface area contributed by atoms with Gasteiger partial charge < -0.3 is 0 Å². The molecule has 54 valence electrons. The quantitative estimate of drug-likeness (QED) is 0.576. The molecule has 0 N–H and O–H groups in total. The average Bonchev–Trinajstić information content (AvgIpc) is 1.88. The molecule has 0 aromatic carbocycles. The Labute approximate surface area is 62.1 Å². The van der Waals surface area contributed by atoms with Crippen molar-refractivity contribution in [1.29, 1.82) is 0 Å². The molecule has 0 aliphatic heterocycles. The number of hydrogen-bond donors (Lipinski definition) is 0. The van der Waals surface area contributed by atoms with Gasteiger partial charge in [-0.2, -0.15) is 0 Å². The second-order valence-electron chi connectivity index (χ2n) is 2.92. The molecular formula is C9H13N. The van der Waals surface area contributed by atoms with E-state index in [1.54, 1.807) is 0 Å². The minimum absolute atomic E-state index is 0.542. The normalized spacial score (nSPS) is 10.4. The zero-order chi connectivity index (χ0) is 7.56. The minimum Gasteiger partial charge on any atom is -0.261 e.